The minimum Gasteiger partial charge on any atom is -0.399 e. The molecule has 0 fully saturated rings. The van der Waals surface area contributed by atoms with Crippen molar-refractivity contribution in [2.45, 2.75) is 6.54 Å². The van der Waals surface area contributed by atoms with E-state index in [1.165, 1.54) is 11.0 Å². The first kappa shape index (κ1) is 13.9. The van der Waals surface area contributed by atoms with Crippen LogP contribution < -0.4 is 5.73 Å². The molecule has 2 aromatic carbocycles. The van der Waals surface area contributed by atoms with Gasteiger partial charge in [-0.3, -0.25) is 14.5 Å². The second-order valence-corrected chi connectivity index (χ2v) is 5.56. The van der Waals surface area contributed by atoms with Crippen LogP contribution in [0, 0.1) is 0 Å². The number of carbonyl (C=O) groups is 2. The molecule has 6 heteroatoms. The summed E-state index contributed by atoms with van der Waals surface area (Å²) in [4.78, 5) is 25.8. The van der Waals surface area contributed by atoms with Crippen molar-refractivity contribution < 1.29 is 9.59 Å². The van der Waals surface area contributed by atoms with Crippen molar-refractivity contribution in [3.8, 4) is 0 Å². The molecule has 0 aromatic heterocycles. The van der Waals surface area contributed by atoms with Gasteiger partial charge in [0, 0.05) is 5.69 Å². The van der Waals surface area contributed by atoms with Crippen molar-refractivity contribution in [3.05, 3.63) is 63.1 Å². The first-order valence-electron chi connectivity index (χ1n) is 6.17. The highest BCUT2D eigenvalue weighted by Gasteiger charge is 2.35. The number of imide groups is 1. The van der Waals surface area contributed by atoms with E-state index in [1.807, 2.05) is 0 Å². The van der Waals surface area contributed by atoms with Gasteiger partial charge in [-0.05, 0) is 35.9 Å². The summed E-state index contributed by atoms with van der Waals surface area (Å²) >= 11 is 11.8. The van der Waals surface area contributed by atoms with Crippen molar-refractivity contribution in [1.29, 1.82) is 0 Å². The predicted molar refractivity (Wildman–Crippen MR) is 81.5 cm³/mol. The fourth-order valence-corrected chi connectivity index (χ4v) is 2.59. The Hall–Kier alpha value is -2.04. The quantitative estimate of drug-likeness (QED) is 0.681. The van der Waals surface area contributed by atoms with E-state index in [0.717, 1.165) is 5.56 Å². The molecule has 0 unspecified atom stereocenters. The molecule has 1 aliphatic heterocycles. The molecule has 0 saturated heterocycles. The molecule has 1 heterocycles. The molecular weight excluding hydrogens is 311 g/mol. The van der Waals surface area contributed by atoms with Gasteiger partial charge in [-0.25, -0.2) is 0 Å². The summed E-state index contributed by atoms with van der Waals surface area (Å²) in [5.41, 5.74) is 7.54. The average molecular weight is 321 g/mol. The van der Waals surface area contributed by atoms with Gasteiger partial charge in [0.05, 0.1) is 27.7 Å². The zero-order chi connectivity index (χ0) is 15.1. The van der Waals surface area contributed by atoms with Crippen LogP contribution in [0.1, 0.15) is 26.3 Å². The van der Waals surface area contributed by atoms with Gasteiger partial charge in [-0.1, -0.05) is 29.3 Å². The van der Waals surface area contributed by atoms with Crippen LogP contribution in [0.25, 0.3) is 0 Å². The molecule has 0 bridgehead atoms. The second kappa shape index (κ2) is 5.06. The number of nitrogen functional groups attached to an aromatic ring is 1. The number of anilines is 1. The van der Waals surface area contributed by atoms with Gasteiger partial charge in [0.1, 0.15) is 0 Å². The maximum Gasteiger partial charge on any atom is 0.261 e. The number of fused-ring (bicyclic) bond motifs is 1. The first-order valence-corrected chi connectivity index (χ1v) is 6.92. The molecule has 4 nitrogen and oxygen atoms in total. The standard InChI is InChI=1S/C15H10Cl2N2O2/c16-12-4-1-8(5-13(12)17)7-19-14(20)10-3-2-9(18)6-11(10)15(19)21/h1-6H,7,18H2. The Labute approximate surface area is 131 Å². The van der Waals surface area contributed by atoms with E-state index >= 15 is 0 Å². The Morgan fingerprint density at radius 1 is 0.905 bits per heavy atom. The normalized spacial score (nSPS) is 13.7. The molecule has 1 aliphatic rings. The number of nitrogens with two attached hydrogens (primary N) is 1. The van der Waals surface area contributed by atoms with Crippen molar-refractivity contribution in [3.63, 3.8) is 0 Å². The van der Waals surface area contributed by atoms with Gasteiger partial charge in [0.15, 0.2) is 0 Å². The van der Waals surface area contributed by atoms with E-state index in [2.05, 4.69) is 0 Å². The van der Waals surface area contributed by atoms with Crippen molar-refractivity contribution in [2.75, 3.05) is 5.73 Å². The molecule has 21 heavy (non-hydrogen) atoms. The molecular formula is C15H10Cl2N2O2. The van der Waals surface area contributed by atoms with E-state index in [0.29, 0.717) is 26.9 Å². The molecule has 0 atom stereocenters. The lowest BCUT2D eigenvalue weighted by atomic mass is 10.1. The van der Waals surface area contributed by atoms with Crippen LogP contribution in [0.5, 0.6) is 0 Å². The number of halogens is 2. The predicted octanol–water partition coefficient (Wildman–Crippen LogP) is 3.37. The molecule has 0 spiro atoms. The SMILES string of the molecule is Nc1ccc2c(c1)C(=O)N(Cc1ccc(Cl)c(Cl)c1)C2=O. The molecule has 2 aromatic rings. The van der Waals surface area contributed by atoms with Crippen LogP contribution in [-0.4, -0.2) is 16.7 Å². The lowest BCUT2D eigenvalue weighted by molar-refractivity contribution is 0.0642. The molecule has 3 rings (SSSR count). The largest absolute Gasteiger partial charge is 0.399 e. The maximum absolute atomic E-state index is 12.3. The highest BCUT2D eigenvalue weighted by atomic mass is 35.5. The molecule has 2 N–H and O–H groups in total. The summed E-state index contributed by atoms with van der Waals surface area (Å²) in [7, 11) is 0. The summed E-state index contributed by atoms with van der Waals surface area (Å²) < 4.78 is 0. The fraction of sp³-hybridized carbons (Fsp3) is 0.0667. The lowest BCUT2D eigenvalue weighted by Gasteiger charge is -2.14. The second-order valence-electron chi connectivity index (χ2n) is 4.75. The fourth-order valence-electron chi connectivity index (χ4n) is 2.27. The summed E-state index contributed by atoms with van der Waals surface area (Å²) in [5, 5.41) is 0.811. The topological polar surface area (TPSA) is 63.4 Å². The Kier molecular flexibility index (Phi) is 3.35. The zero-order valence-electron chi connectivity index (χ0n) is 10.8. The minimum absolute atomic E-state index is 0.142. The number of nitrogens with zero attached hydrogens (tertiary/aromatic N) is 1. The van der Waals surface area contributed by atoms with Gasteiger partial charge in [0.2, 0.25) is 0 Å². The third kappa shape index (κ3) is 2.37. The molecule has 0 aliphatic carbocycles. The number of amides is 2. The van der Waals surface area contributed by atoms with E-state index < -0.39 is 0 Å². The Balaban J connectivity index is 1.93. The number of carbonyl (C=O) groups excluding carboxylic acids is 2. The van der Waals surface area contributed by atoms with Crippen LogP contribution in [0.3, 0.4) is 0 Å². The summed E-state index contributed by atoms with van der Waals surface area (Å²) in [6.07, 6.45) is 0. The van der Waals surface area contributed by atoms with E-state index in [1.54, 1.807) is 30.3 Å². The van der Waals surface area contributed by atoms with Gasteiger partial charge in [0.25, 0.3) is 11.8 Å². The van der Waals surface area contributed by atoms with E-state index in [4.69, 9.17) is 28.9 Å². The van der Waals surface area contributed by atoms with Gasteiger partial charge < -0.3 is 5.73 Å². The van der Waals surface area contributed by atoms with Gasteiger partial charge >= 0.3 is 0 Å². The van der Waals surface area contributed by atoms with Crippen LogP contribution in [-0.2, 0) is 6.54 Å². The highest BCUT2D eigenvalue weighted by Crippen LogP contribution is 2.28. The van der Waals surface area contributed by atoms with Crippen LogP contribution >= 0.6 is 23.2 Å². The first-order chi connectivity index (χ1) is 9.97. The molecule has 0 radical (unpaired) electrons. The van der Waals surface area contributed by atoms with E-state index in [9.17, 15) is 9.59 Å². The molecule has 2 amide bonds. The zero-order valence-corrected chi connectivity index (χ0v) is 12.3. The summed E-state index contributed by atoms with van der Waals surface area (Å²) in [5.74, 6) is -0.686. The van der Waals surface area contributed by atoms with Crippen molar-refractivity contribution in [1.82, 2.24) is 4.90 Å². The smallest absolute Gasteiger partial charge is 0.261 e. The van der Waals surface area contributed by atoms with Crippen LogP contribution in [0.2, 0.25) is 10.0 Å². The number of rotatable bonds is 2. The number of hydrogen-bond acceptors (Lipinski definition) is 3. The summed E-state index contributed by atoms with van der Waals surface area (Å²) in [6, 6.07) is 9.69. The third-order valence-electron chi connectivity index (χ3n) is 3.32. The lowest BCUT2D eigenvalue weighted by Crippen LogP contribution is -2.29. The maximum atomic E-state index is 12.3. The third-order valence-corrected chi connectivity index (χ3v) is 4.06. The van der Waals surface area contributed by atoms with Gasteiger partial charge in [-0.2, -0.15) is 0 Å². The average Bonchev–Trinajstić information content (AvgIpc) is 2.68. The van der Waals surface area contributed by atoms with Crippen molar-refractivity contribution >= 4 is 40.7 Å². The van der Waals surface area contributed by atoms with Crippen LogP contribution in [0.4, 0.5) is 5.69 Å². The number of benzene rings is 2. The molecule has 106 valence electrons. The number of hydrogen-bond donors (Lipinski definition) is 1. The van der Waals surface area contributed by atoms with Gasteiger partial charge in [-0.15, -0.1) is 0 Å². The Morgan fingerprint density at radius 3 is 2.33 bits per heavy atom. The Bertz CT molecular complexity index is 774. The molecule has 0 saturated carbocycles. The Morgan fingerprint density at radius 2 is 1.62 bits per heavy atom. The minimum atomic E-state index is -0.353. The van der Waals surface area contributed by atoms with E-state index in [-0.39, 0.29) is 18.4 Å². The summed E-state index contributed by atoms with van der Waals surface area (Å²) in [6.45, 7) is 0.142. The van der Waals surface area contributed by atoms with Crippen LogP contribution in [0.15, 0.2) is 36.4 Å². The highest BCUT2D eigenvalue weighted by molar-refractivity contribution is 6.42. The van der Waals surface area contributed by atoms with Crippen molar-refractivity contribution in [2.24, 2.45) is 0 Å². The monoisotopic (exact) mass is 320 g/mol.